The molecule has 2 aromatic rings. The van der Waals surface area contributed by atoms with Crippen LogP contribution < -0.4 is 4.57 Å². The summed E-state index contributed by atoms with van der Waals surface area (Å²) in [6.07, 6.45) is 7.83. The quantitative estimate of drug-likeness (QED) is 0.479. The zero-order valence-electron chi connectivity index (χ0n) is 10.7. The molecule has 1 aromatic carbocycles. The van der Waals surface area contributed by atoms with E-state index in [0.29, 0.717) is 0 Å². The molecule has 0 atom stereocenters. The van der Waals surface area contributed by atoms with Crippen LogP contribution in [-0.2, 0) is 6.54 Å². The highest BCUT2D eigenvalue weighted by molar-refractivity contribution is 5.70. The molecule has 0 fully saturated rings. The molecular formula is C15H15N2O2+. The molecule has 0 aliphatic heterocycles. The van der Waals surface area contributed by atoms with Gasteiger partial charge in [0.2, 0.25) is 0 Å². The number of hydrogen-bond acceptors (Lipinski definition) is 2. The van der Waals surface area contributed by atoms with Gasteiger partial charge in [-0.2, -0.15) is 0 Å². The third-order valence-electron chi connectivity index (χ3n) is 2.83. The van der Waals surface area contributed by atoms with Gasteiger partial charge in [-0.15, -0.1) is 0 Å². The Balaban J connectivity index is 2.17. The van der Waals surface area contributed by atoms with Crippen LogP contribution in [0.15, 0.2) is 48.8 Å². The summed E-state index contributed by atoms with van der Waals surface area (Å²) < 4.78 is 2.07. The minimum absolute atomic E-state index is 0.110. The molecule has 0 radical (unpaired) electrons. The van der Waals surface area contributed by atoms with Crippen LogP contribution in [0.3, 0.4) is 0 Å². The van der Waals surface area contributed by atoms with Crippen LogP contribution in [0, 0.1) is 10.1 Å². The maximum Gasteiger partial charge on any atom is 0.270 e. The van der Waals surface area contributed by atoms with E-state index < -0.39 is 0 Å². The average Bonchev–Trinajstić information content (AvgIpc) is 2.46. The molecule has 4 nitrogen and oxygen atoms in total. The van der Waals surface area contributed by atoms with Gasteiger partial charge in [0.15, 0.2) is 12.4 Å². The van der Waals surface area contributed by atoms with Gasteiger partial charge < -0.3 is 0 Å². The molecule has 0 N–H and O–H groups in total. The van der Waals surface area contributed by atoms with Gasteiger partial charge >= 0.3 is 0 Å². The lowest BCUT2D eigenvalue weighted by Gasteiger charge is -1.95. The fourth-order valence-electron chi connectivity index (χ4n) is 1.73. The molecule has 0 spiro atoms. The van der Waals surface area contributed by atoms with Crippen molar-refractivity contribution in [3.8, 4) is 0 Å². The number of non-ortho nitro benzene ring substituents is 1. The molecule has 0 bridgehead atoms. The molecular weight excluding hydrogens is 240 g/mol. The summed E-state index contributed by atoms with van der Waals surface area (Å²) >= 11 is 0. The molecule has 96 valence electrons. The zero-order valence-corrected chi connectivity index (χ0v) is 10.7. The second-order valence-corrected chi connectivity index (χ2v) is 4.15. The van der Waals surface area contributed by atoms with E-state index in [4.69, 9.17) is 0 Å². The Morgan fingerprint density at radius 1 is 1.16 bits per heavy atom. The number of nitrogens with zero attached hydrogens (tertiary/aromatic N) is 2. The van der Waals surface area contributed by atoms with Gasteiger partial charge in [-0.3, -0.25) is 10.1 Å². The number of hydrogen-bond donors (Lipinski definition) is 0. The molecule has 0 unspecified atom stereocenters. The van der Waals surface area contributed by atoms with Crippen molar-refractivity contribution in [2.75, 3.05) is 0 Å². The van der Waals surface area contributed by atoms with Crippen LogP contribution >= 0.6 is 0 Å². The molecule has 4 heteroatoms. The van der Waals surface area contributed by atoms with Crippen LogP contribution in [0.5, 0.6) is 0 Å². The summed E-state index contributed by atoms with van der Waals surface area (Å²) in [4.78, 5) is 10.3. The molecule has 2 rings (SSSR count). The Bertz CT molecular complexity index is 604. The van der Waals surface area contributed by atoms with Crippen molar-refractivity contribution in [1.82, 2.24) is 0 Å². The first kappa shape index (κ1) is 13.0. The normalized spacial score (nSPS) is 10.8. The van der Waals surface area contributed by atoms with Crippen molar-refractivity contribution >= 4 is 17.8 Å². The van der Waals surface area contributed by atoms with Crippen molar-refractivity contribution < 1.29 is 9.49 Å². The van der Waals surface area contributed by atoms with Crippen LogP contribution in [0.2, 0.25) is 0 Å². The van der Waals surface area contributed by atoms with E-state index >= 15 is 0 Å². The van der Waals surface area contributed by atoms with Crippen LogP contribution in [0.4, 0.5) is 5.69 Å². The van der Waals surface area contributed by atoms with Crippen LogP contribution in [0.1, 0.15) is 18.1 Å². The van der Waals surface area contributed by atoms with Gasteiger partial charge in [-0.1, -0.05) is 24.3 Å². The van der Waals surface area contributed by atoms with Crippen molar-refractivity contribution in [2.45, 2.75) is 13.5 Å². The van der Waals surface area contributed by atoms with Crippen LogP contribution in [0.25, 0.3) is 12.2 Å². The summed E-state index contributed by atoms with van der Waals surface area (Å²) in [5, 5.41) is 10.7. The maximum atomic E-state index is 10.7. The van der Waals surface area contributed by atoms with Gasteiger partial charge in [0.1, 0.15) is 6.54 Å². The Hall–Kier alpha value is -2.49. The highest BCUT2D eigenvalue weighted by atomic mass is 16.6. The molecule has 19 heavy (non-hydrogen) atoms. The summed E-state index contributed by atoms with van der Waals surface area (Å²) in [6.45, 7) is 3.02. The number of pyridine rings is 1. The third kappa shape index (κ3) is 3.48. The summed E-state index contributed by atoms with van der Waals surface area (Å²) in [5.74, 6) is 0. The van der Waals surface area contributed by atoms with E-state index in [2.05, 4.69) is 11.5 Å². The molecule has 1 heterocycles. The molecule has 0 saturated carbocycles. The zero-order chi connectivity index (χ0) is 13.7. The van der Waals surface area contributed by atoms with Crippen molar-refractivity contribution in [3.05, 3.63) is 70.0 Å². The van der Waals surface area contributed by atoms with E-state index in [1.54, 1.807) is 12.1 Å². The summed E-state index contributed by atoms with van der Waals surface area (Å²) in [6, 6.07) is 10.6. The maximum absolute atomic E-state index is 10.7. The van der Waals surface area contributed by atoms with Crippen molar-refractivity contribution in [1.29, 1.82) is 0 Å². The Morgan fingerprint density at radius 3 is 2.47 bits per heavy atom. The summed E-state index contributed by atoms with van der Waals surface area (Å²) in [7, 11) is 0. The SMILES string of the molecule is CC[n+]1ccc(/C=C/c2cccc([N+](=O)[O-])c2)cc1. The Labute approximate surface area is 111 Å². The largest absolute Gasteiger partial charge is 0.270 e. The van der Waals surface area contributed by atoms with E-state index in [9.17, 15) is 10.1 Å². The lowest BCUT2D eigenvalue weighted by atomic mass is 10.1. The number of benzene rings is 1. The standard InChI is InChI=1S/C15H15N2O2/c1-2-16-10-8-13(9-11-16)6-7-14-4-3-5-15(12-14)17(18)19/h3-12H,2H2,1H3/q+1/b7-6+. The minimum Gasteiger partial charge on any atom is -0.258 e. The van der Waals surface area contributed by atoms with Crippen molar-refractivity contribution in [2.24, 2.45) is 0 Å². The lowest BCUT2D eigenvalue weighted by Crippen LogP contribution is -2.30. The van der Waals surface area contributed by atoms with Crippen LogP contribution in [-0.4, -0.2) is 4.92 Å². The second-order valence-electron chi connectivity index (χ2n) is 4.15. The number of aromatic nitrogens is 1. The molecule has 0 aliphatic rings. The predicted octanol–water partition coefficient (Wildman–Crippen LogP) is 3.07. The number of aryl methyl sites for hydroxylation is 1. The molecule has 0 aliphatic carbocycles. The molecule has 0 amide bonds. The first-order valence-corrected chi connectivity index (χ1v) is 6.10. The third-order valence-corrected chi connectivity index (χ3v) is 2.83. The minimum atomic E-state index is -0.385. The fourth-order valence-corrected chi connectivity index (χ4v) is 1.73. The van der Waals surface area contributed by atoms with E-state index in [1.165, 1.54) is 6.07 Å². The number of rotatable bonds is 4. The van der Waals surface area contributed by atoms with E-state index in [-0.39, 0.29) is 10.6 Å². The molecule has 0 saturated heterocycles. The van der Waals surface area contributed by atoms with Gasteiger partial charge in [-0.05, 0) is 18.1 Å². The molecule has 1 aromatic heterocycles. The summed E-state index contributed by atoms with van der Waals surface area (Å²) in [5.41, 5.74) is 2.00. The fraction of sp³-hybridized carbons (Fsp3) is 0.133. The Kier molecular flexibility index (Phi) is 4.03. The highest BCUT2D eigenvalue weighted by Crippen LogP contribution is 2.15. The highest BCUT2D eigenvalue weighted by Gasteiger charge is 2.03. The smallest absolute Gasteiger partial charge is 0.258 e. The Morgan fingerprint density at radius 2 is 1.84 bits per heavy atom. The van der Waals surface area contributed by atoms with Gasteiger partial charge in [-0.25, -0.2) is 4.57 Å². The van der Waals surface area contributed by atoms with Gasteiger partial charge in [0.05, 0.1) is 4.92 Å². The van der Waals surface area contributed by atoms with Crippen molar-refractivity contribution in [3.63, 3.8) is 0 Å². The number of nitro benzene ring substituents is 1. The number of nitro groups is 1. The van der Waals surface area contributed by atoms with E-state index in [0.717, 1.165) is 17.7 Å². The predicted molar refractivity (Wildman–Crippen MR) is 74.3 cm³/mol. The monoisotopic (exact) mass is 255 g/mol. The van der Waals surface area contributed by atoms with Gasteiger partial charge in [0, 0.05) is 24.3 Å². The average molecular weight is 255 g/mol. The van der Waals surface area contributed by atoms with E-state index in [1.807, 2.05) is 42.7 Å². The second kappa shape index (κ2) is 5.91. The van der Waals surface area contributed by atoms with Gasteiger partial charge in [0.25, 0.3) is 5.69 Å². The lowest BCUT2D eigenvalue weighted by molar-refractivity contribution is -0.693. The first-order valence-electron chi connectivity index (χ1n) is 6.10. The first-order chi connectivity index (χ1) is 9.19. The topological polar surface area (TPSA) is 47.0 Å².